The first kappa shape index (κ1) is 10.1. The highest BCUT2D eigenvalue weighted by Crippen LogP contribution is 2.13. The molecule has 0 spiro atoms. The molecule has 1 aliphatic heterocycles. The summed E-state index contributed by atoms with van der Waals surface area (Å²) in [4.78, 5) is 15.8. The Balaban J connectivity index is 2.04. The van der Waals surface area contributed by atoms with Gasteiger partial charge in [0.2, 0.25) is 0 Å². The van der Waals surface area contributed by atoms with Crippen molar-refractivity contribution < 1.29 is 4.79 Å². The van der Waals surface area contributed by atoms with Crippen LogP contribution in [0.1, 0.15) is 23.8 Å². The van der Waals surface area contributed by atoms with Crippen molar-refractivity contribution in [3.8, 4) is 0 Å². The molecule has 1 amide bonds. The minimum absolute atomic E-state index is 0.0956. The molecule has 0 aliphatic carbocycles. The zero-order valence-corrected chi connectivity index (χ0v) is 8.79. The summed E-state index contributed by atoms with van der Waals surface area (Å²) in [5.41, 5.74) is 0.347. The van der Waals surface area contributed by atoms with E-state index in [1.807, 2.05) is 13.0 Å². The highest BCUT2D eigenvalue weighted by Gasteiger charge is 2.30. The van der Waals surface area contributed by atoms with Crippen molar-refractivity contribution >= 4 is 5.91 Å². The van der Waals surface area contributed by atoms with E-state index in [1.165, 1.54) is 0 Å². The predicted octanol–water partition coefficient (Wildman–Crippen LogP) is 0.563. The van der Waals surface area contributed by atoms with Gasteiger partial charge in [-0.2, -0.15) is 0 Å². The lowest BCUT2D eigenvalue weighted by atomic mass is 10.0. The second kappa shape index (κ2) is 3.98. The second-order valence-corrected chi connectivity index (χ2v) is 4.16. The average molecular weight is 205 g/mol. The molecule has 2 heterocycles. The molecule has 0 aromatic carbocycles. The number of nitrogens with one attached hydrogen (secondary N) is 2. The standard InChI is InChI=1S/C11H15N3O/c1-11(5-7-12-8-11)14-10(15)9-4-2-3-6-13-9/h2-4,6,12H,5,7-8H2,1H3,(H,14,15). The fourth-order valence-corrected chi connectivity index (χ4v) is 1.76. The van der Waals surface area contributed by atoms with Crippen LogP contribution < -0.4 is 10.6 Å². The maximum absolute atomic E-state index is 11.8. The van der Waals surface area contributed by atoms with Crippen LogP contribution in [-0.4, -0.2) is 29.5 Å². The first-order valence-corrected chi connectivity index (χ1v) is 5.14. The smallest absolute Gasteiger partial charge is 0.270 e. The van der Waals surface area contributed by atoms with E-state index in [-0.39, 0.29) is 11.4 Å². The van der Waals surface area contributed by atoms with Gasteiger partial charge in [0.25, 0.3) is 5.91 Å². The van der Waals surface area contributed by atoms with Crippen molar-refractivity contribution in [3.63, 3.8) is 0 Å². The van der Waals surface area contributed by atoms with Crippen molar-refractivity contribution in [1.29, 1.82) is 0 Å². The van der Waals surface area contributed by atoms with Crippen LogP contribution in [0.4, 0.5) is 0 Å². The van der Waals surface area contributed by atoms with Crippen LogP contribution in [0.5, 0.6) is 0 Å². The third-order valence-corrected chi connectivity index (χ3v) is 2.68. The van der Waals surface area contributed by atoms with E-state index in [4.69, 9.17) is 0 Å². The summed E-state index contributed by atoms with van der Waals surface area (Å²) >= 11 is 0. The SMILES string of the molecule is CC1(NC(=O)c2ccccn2)CCNC1. The Morgan fingerprint density at radius 1 is 1.60 bits per heavy atom. The fraction of sp³-hybridized carbons (Fsp3) is 0.455. The van der Waals surface area contributed by atoms with Crippen LogP contribution in [0.15, 0.2) is 24.4 Å². The highest BCUT2D eigenvalue weighted by atomic mass is 16.2. The van der Waals surface area contributed by atoms with E-state index in [0.29, 0.717) is 5.69 Å². The molecule has 2 rings (SSSR count). The van der Waals surface area contributed by atoms with Crippen molar-refractivity contribution in [2.24, 2.45) is 0 Å². The Kier molecular flexibility index (Phi) is 2.68. The Bertz CT molecular complexity index is 344. The molecule has 1 fully saturated rings. The summed E-state index contributed by atoms with van der Waals surface area (Å²) in [6, 6.07) is 5.34. The minimum atomic E-state index is -0.130. The molecule has 2 N–H and O–H groups in total. The zero-order chi connectivity index (χ0) is 10.7. The molecule has 0 saturated carbocycles. The Labute approximate surface area is 89.1 Å². The Morgan fingerprint density at radius 2 is 2.47 bits per heavy atom. The molecule has 1 aromatic heterocycles. The molecular formula is C11H15N3O. The first-order valence-electron chi connectivity index (χ1n) is 5.14. The molecule has 1 aliphatic rings. The van der Waals surface area contributed by atoms with Crippen LogP contribution in [-0.2, 0) is 0 Å². The van der Waals surface area contributed by atoms with Crippen molar-refractivity contribution in [3.05, 3.63) is 30.1 Å². The van der Waals surface area contributed by atoms with Gasteiger partial charge in [0.1, 0.15) is 5.69 Å². The number of carbonyl (C=O) groups excluding carboxylic acids is 1. The summed E-state index contributed by atoms with van der Waals surface area (Å²) in [5.74, 6) is -0.0956. The summed E-state index contributed by atoms with van der Waals surface area (Å²) < 4.78 is 0. The summed E-state index contributed by atoms with van der Waals surface area (Å²) in [6.45, 7) is 3.83. The molecule has 80 valence electrons. The van der Waals surface area contributed by atoms with Gasteiger partial charge in [-0.25, -0.2) is 0 Å². The highest BCUT2D eigenvalue weighted by molar-refractivity contribution is 5.92. The quantitative estimate of drug-likeness (QED) is 0.742. The number of pyridine rings is 1. The molecule has 4 heteroatoms. The van der Waals surface area contributed by atoms with Crippen molar-refractivity contribution in [1.82, 2.24) is 15.6 Å². The normalized spacial score (nSPS) is 25.1. The first-order chi connectivity index (χ1) is 7.20. The number of aromatic nitrogens is 1. The van der Waals surface area contributed by atoms with E-state index in [0.717, 1.165) is 19.5 Å². The fourth-order valence-electron chi connectivity index (χ4n) is 1.76. The number of carbonyl (C=O) groups is 1. The summed E-state index contributed by atoms with van der Waals surface area (Å²) in [7, 11) is 0. The largest absolute Gasteiger partial charge is 0.344 e. The number of hydrogen-bond acceptors (Lipinski definition) is 3. The van der Waals surface area contributed by atoms with E-state index < -0.39 is 0 Å². The van der Waals surface area contributed by atoms with Gasteiger partial charge in [-0.15, -0.1) is 0 Å². The lowest BCUT2D eigenvalue weighted by Gasteiger charge is -2.24. The Hall–Kier alpha value is -1.42. The van der Waals surface area contributed by atoms with Crippen molar-refractivity contribution in [2.75, 3.05) is 13.1 Å². The van der Waals surface area contributed by atoms with Crippen LogP contribution in [0, 0.1) is 0 Å². The lowest BCUT2D eigenvalue weighted by molar-refractivity contribution is 0.0908. The third-order valence-electron chi connectivity index (χ3n) is 2.68. The third kappa shape index (κ3) is 2.33. The van der Waals surface area contributed by atoms with Crippen LogP contribution in [0.25, 0.3) is 0 Å². The van der Waals surface area contributed by atoms with Gasteiger partial charge < -0.3 is 10.6 Å². The van der Waals surface area contributed by atoms with E-state index in [2.05, 4.69) is 15.6 Å². The number of hydrogen-bond donors (Lipinski definition) is 2. The summed E-state index contributed by atoms with van der Waals surface area (Å²) in [5, 5.41) is 6.24. The molecule has 1 aromatic rings. The molecule has 1 unspecified atom stereocenters. The van der Waals surface area contributed by atoms with Crippen LogP contribution in [0.2, 0.25) is 0 Å². The monoisotopic (exact) mass is 205 g/mol. The minimum Gasteiger partial charge on any atom is -0.344 e. The maximum atomic E-state index is 11.8. The molecule has 0 radical (unpaired) electrons. The molecule has 4 nitrogen and oxygen atoms in total. The second-order valence-electron chi connectivity index (χ2n) is 4.16. The van der Waals surface area contributed by atoms with Gasteiger partial charge in [0.15, 0.2) is 0 Å². The zero-order valence-electron chi connectivity index (χ0n) is 8.79. The number of rotatable bonds is 2. The number of nitrogens with zero attached hydrogens (tertiary/aromatic N) is 1. The molecule has 0 bridgehead atoms. The maximum Gasteiger partial charge on any atom is 0.270 e. The van der Waals surface area contributed by atoms with Gasteiger partial charge >= 0.3 is 0 Å². The number of amides is 1. The van der Waals surface area contributed by atoms with Gasteiger partial charge in [-0.3, -0.25) is 9.78 Å². The van der Waals surface area contributed by atoms with Gasteiger partial charge in [-0.05, 0) is 32.0 Å². The average Bonchev–Trinajstić information content (AvgIpc) is 2.66. The van der Waals surface area contributed by atoms with Gasteiger partial charge in [0.05, 0.1) is 5.54 Å². The molecule has 1 atom stereocenters. The van der Waals surface area contributed by atoms with Crippen LogP contribution >= 0.6 is 0 Å². The van der Waals surface area contributed by atoms with Crippen LogP contribution in [0.3, 0.4) is 0 Å². The lowest BCUT2D eigenvalue weighted by Crippen LogP contribution is -2.47. The topological polar surface area (TPSA) is 54.0 Å². The van der Waals surface area contributed by atoms with Gasteiger partial charge in [-0.1, -0.05) is 6.07 Å². The van der Waals surface area contributed by atoms with E-state index >= 15 is 0 Å². The Morgan fingerprint density at radius 3 is 3.07 bits per heavy atom. The summed E-state index contributed by atoms with van der Waals surface area (Å²) in [6.07, 6.45) is 2.59. The van der Waals surface area contributed by atoms with E-state index in [9.17, 15) is 4.79 Å². The molecular weight excluding hydrogens is 190 g/mol. The predicted molar refractivity (Wildman–Crippen MR) is 57.6 cm³/mol. The van der Waals surface area contributed by atoms with Gasteiger partial charge in [0, 0.05) is 12.7 Å². The van der Waals surface area contributed by atoms with Crippen molar-refractivity contribution in [2.45, 2.75) is 18.9 Å². The van der Waals surface area contributed by atoms with E-state index in [1.54, 1.807) is 18.3 Å². The molecule has 15 heavy (non-hydrogen) atoms. The molecule has 1 saturated heterocycles.